The minimum atomic E-state index is -1.99. The van der Waals surface area contributed by atoms with Crippen LogP contribution in [0, 0.1) is 0 Å². The van der Waals surface area contributed by atoms with E-state index in [2.05, 4.69) is 4.98 Å². The lowest BCUT2D eigenvalue weighted by molar-refractivity contribution is -0.0353. The summed E-state index contributed by atoms with van der Waals surface area (Å²) < 4.78 is 21.1. The smallest absolute Gasteiger partial charge is 0.413 e. The number of aromatic nitrogens is 1. The summed E-state index contributed by atoms with van der Waals surface area (Å²) in [7, 11) is 0. The molecule has 0 aliphatic carbocycles. The maximum Gasteiger partial charge on any atom is 0.413 e. The highest BCUT2D eigenvalue weighted by Crippen LogP contribution is 2.43. The van der Waals surface area contributed by atoms with E-state index in [4.69, 9.17) is 9.84 Å². The van der Waals surface area contributed by atoms with Crippen LogP contribution in [0.4, 0.5) is 9.18 Å². The summed E-state index contributed by atoms with van der Waals surface area (Å²) in [5.74, 6) is -3.01. The first kappa shape index (κ1) is 19.3. The number of ether oxygens (including phenoxy) is 1. The van der Waals surface area contributed by atoms with Gasteiger partial charge in [-0.2, -0.15) is 0 Å². The molecule has 0 spiro atoms. The van der Waals surface area contributed by atoms with Crippen molar-refractivity contribution in [2.24, 2.45) is 0 Å². The molecule has 1 saturated heterocycles. The maximum atomic E-state index is 15.7. The molecule has 1 atom stereocenters. The van der Waals surface area contributed by atoms with Crippen molar-refractivity contribution in [2.75, 3.05) is 6.54 Å². The third-order valence-corrected chi connectivity index (χ3v) is 5.16. The first-order valence-corrected chi connectivity index (χ1v) is 9.47. The number of carbonyl (C=O) groups excluding carboxylic acids is 1. The van der Waals surface area contributed by atoms with Gasteiger partial charge in [0.05, 0.1) is 11.3 Å². The number of thiazole rings is 1. The average Bonchev–Trinajstić information content (AvgIpc) is 3.21. The predicted molar refractivity (Wildman–Crippen MR) is 99.5 cm³/mol. The number of hydrogen-bond acceptors (Lipinski definition) is 5. The van der Waals surface area contributed by atoms with Crippen LogP contribution in [-0.4, -0.2) is 39.2 Å². The zero-order chi connectivity index (χ0) is 19.8. The fraction of sp³-hybridized carbons (Fsp3) is 0.421. The summed E-state index contributed by atoms with van der Waals surface area (Å²) in [5, 5.41) is 10.9. The summed E-state index contributed by atoms with van der Waals surface area (Å²) >= 11 is 1.14. The zero-order valence-corrected chi connectivity index (χ0v) is 16.2. The van der Waals surface area contributed by atoms with E-state index in [1.54, 1.807) is 38.3 Å². The third-order valence-electron chi connectivity index (χ3n) is 4.19. The van der Waals surface area contributed by atoms with Crippen LogP contribution < -0.4 is 0 Å². The van der Waals surface area contributed by atoms with Gasteiger partial charge in [-0.25, -0.2) is 19.0 Å². The normalized spacial score (nSPS) is 19.9. The van der Waals surface area contributed by atoms with Crippen molar-refractivity contribution in [1.29, 1.82) is 0 Å². The summed E-state index contributed by atoms with van der Waals surface area (Å²) in [6.45, 7) is 5.49. The number of rotatable bonds is 3. The Morgan fingerprint density at radius 2 is 1.96 bits per heavy atom. The molecule has 0 radical (unpaired) electrons. The van der Waals surface area contributed by atoms with Crippen LogP contribution in [0.2, 0.25) is 0 Å². The molecule has 27 heavy (non-hydrogen) atoms. The van der Waals surface area contributed by atoms with Crippen molar-refractivity contribution >= 4 is 23.4 Å². The van der Waals surface area contributed by atoms with Crippen molar-refractivity contribution in [2.45, 2.75) is 45.0 Å². The van der Waals surface area contributed by atoms with E-state index in [0.717, 1.165) is 16.2 Å². The minimum absolute atomic E-state index is 0.164. The fourth-order valence-corrected chi connectivity index (χ4v) is 3.88. The van der Waals surface area contributed by atoms with Gasteiger partial charge in [0.15, 0.2) is 5.01 Å². The van der Waals surface area contributed by atoms with Crippen molar-refractivity contribution in [3.05, 3.63) is 40.2 Å². The van der Waals surface area contributed by atoms with Gasteiger partial charge in [-0.15, -0.1) is 11.3 Å². The Morgan fingerprint density at radius 3 is 2.56 bits per heavy atom. The monoisotopic (exact) mass is 392 g/mol. The molecule has 1 aromatic carbocycles. The van der Waals surface area contributed by atoms with E-state index in [-0.39, 0.29) is 23.5 Å². The molecule has 1 N–H and O–H groups in total. The molecule has 1 unspecified atom stereocenters. The Hall–Kier alpha value is -2.48. The van der Waals surface area contributed by atoms with E-state index in [1.165, 1.54) is 12.1 Å². The van der Waals surface area contributed by atoms with Crippen LogP contribution >= 0.6 is 11.3 Å². The van der Waals surface area contributed by atoms with Gasteiger partial charge in [-0.05, 0) is 39.3 Å². The van der Waals surface area contributed by atoms with Crippen LogP contribution in [0.3, 0.4) is 0 Å². The quantitative estimate of drug-likeness (QED) is 0.769. The van der Waals surface area contributed by atoms with Gasteiger partial charge >= 0.3 is 12.1 Å². The summed E-state index contributed by atoms with van der Waals surface area (Å²) in [6.07, 6.45) is -0.000162. The molecule has 0 saturated carbocycles. The number of benzene rings is 1. The maximum absolute atomic E-state index is 15.7. The molecule has 144 valence electrons. The second kappa shape index (κ2) is 6.92. The number of halogens is 1. The Morgan fingerprint density at radius 1 is 1.30 bits per heavy atom. The predicted octanol–water partition coefficient (Wildman–Crippen LogP) is 4.66. The molecule has 2 heterocycles. The lowest BCUT2D eigenvalue weighted by Gasteiger charge is -2.31. The van der Waals surface area contributed by atoms with E-state index < -0.39 is 23.5 Å². The topological polar surface area (TPSA) is 79.7 Å². The molecule has 3 rings (SSSR count). The van der Waals surface area contributed by atoms with Gasteiger partial charge in [0, 0.05) is 23.9 Å². The van der Waals surface area contributed by atoms with Crippen molar-refractivity contribution < 1.29 is 23.8 Å². The number of nitrogens with zero attached hydrogens (tertiary/aromatic N) is 2. The number of aromatic carboxylic acids is 1. The average molecular weight is 392 g/mol. The fourth-order valence-electron chi connectivity index (χ4n) is 2.92. The molecule has 0 bridgehead atoms. The Bertz CT molecular complexity index is 859. The molecular formula is C19H21FN2O4S. The molecule has 8 heteroatoms. The molecule has 6 nitrogen and oxygen atoms in total. The number of likely N-dealkylation sites (tertiary alicyclic amines) is 1. The van der Waals surface area contributed by atoms with Gasteiger partial charge in [-0.3, -0.25) is 4.90 Å². The minimum Gasteiger partial charge on any atom is -0.478 e. The van der Waals surface area contributed by atoms with E-state index >= 15 is 4.39 Å². The first-order valence-electron chi connectivity index (χ1n) is 8.59. The highest BCUT2D eigenvalue weighted by atomic mass is 32.1. The lowest BCUT2D eigenvalue weighted by Crippen LogP contribution is -2.44. The Labute approximate surface area is 160 Å². The van der Waals surface area contributed by atoms with E-state index in [1.807, 2.05) is 0 Å². The molecule has 2 aromatic rings. The molecule has 1 aliphatic rings. The van der Waals surface area contributed by atoms with Crippen molar-refractivity contribution in [3.63, 3.8) is 0 Å². The van der Waals surface area contributed by atoms with E-state index in [9.17, 15) is 9.59 Å². The van der Waals surface area contributed by atoms with Crippen LogP contribution in [0.25, 0.3) is 11.3 Å². The Kier molecular flexibility index (Phi) is 4.94. The standard InChI is InChI=1S/C19H21FN2O4S/c1-18(2,3)26-17(25)22-10-4-9-19(22,20)16-21-14(11-27-16)12-5-7-13(8-6-12)15(23)24/h5-8,11H,4,9-10H2,1-3H3,(H,23,24). The number of amides is 1. The van der Waals surface area contributed by atoms with Gasteiger partial charge in [0.2, 0.25) is 5.79 Å². The second-order valence-electron chi connectivity index (χ2n) is 7.42. The van der Waals surface area contributed by atoms with Crippen LogP contribution in [-0.2, 0) is 10.5 Å². The number of carbonyl (C=O) groups is 2. The highest BCUT2D eigenvalue weighted by molar-refractivity contribution is 7.10. The first-order chi connectivity index (χ1) is 12.6. The number of hydrogen-bond donors (Lipinski definition) is 1. The number of carboxylic acid groups (broad SMARTS) is 1. The zero-order valence-electron chi connectivity index (χ0n) is 15.4. The SMILES string of the molecule is CC(C)(C)OC(=O)N1CCCC1(F)c1nc(-c2ccc(C(=O)O)cc2)cs1. The highest BCUT2D eigenvalue weighted by Gasteiger charge is 2.49. The van der Waals surface area contributed by atoms with Crippen LogP contribution in [0.15, 0.2) is 29.6 Å². The van der Waals surface area contributed by atoms with Gasteiger partial charge in [0.25, 0.3) is 0 Å². The summed E-state index contributed by atoms with van der Waals surface area (Å²) in [5.41, 5.74) is 0.691. The van der Waals surface area contributed by atoms with Gasteiger partial charge < -0.3 is 9.84 Å². The number of carboxylic acids is 1. The van der Waals surface area contributed by atoms with Crippen molar-refractivity contribution in [1.82, 2.24) is 9.88 Å². The van der Waals surface area contributed by atoms with Crippen LogP contribution in [0.5, 0.6) is 0 Å². The molecule has 1 aromatic heterocycles. The lowest BCUT2D eigenvalue weighted by atomic mass is 10.1. The Balaban J connectivity index is 1.85. The molecular weight excluding hydrogens is 371 g/mol. The largest absolute Gasteiger partial charge is 0.478 e. The van der Waals surface area contributed by atoms with Crippen LogP contribution in [0.1, 0.15) is 49.0 Å². The number of alkyl halides is 1. The summed E-state index contributed by atoms with van der Waals surface area (Å²) in [4.78, 5) is 28.9. The van der Waals surface area contributed by atoms with Crippen molar-refractivity contribution in [3.8, 4) is 11.3 Å². The second-order valence-corrected chi connectivity index (χ2v) is 8.27. The van der Waals surface area contributed by atoms with E-state index in [0.29, 0.717) is 17.7 Å². The summed E-state index contributed by atoms with van der Waals surface area (Å²) in [6, 6.07) is 6.22. The molecule has 1 fully saturated rings. The third kappa shape index (κ3) is 3.95. The molecule has 1 aliphatic heterocycles. The van der Waals surface area contributed by atoms with Gasteiger partial charge in [-0.1, -0.05) is 12.1 Å². The van der Waals surface area contributed by atoms with Gasteiger partial charge in [0.1, 0.15) is 5.60 Å². The molecule has 1 amide bonds.